The van der Waals surface area contributed by atoms with Crippen LogP contribution in [0.2, 0.25) is 0 Å². The van der Waals surface area contributed by atoms with E-state index in [2.05, 4.69) is 10.2 Å². The Morgan fingerprint density at radius 2 is 1.97 bits per heavy atom. The average Bonchev–Trinajstić information content (AvgIpc) is 3.10. The minimum absolute atomic E-state index is 0.00423. The Labute approximate surface area is 176 Å². The number of rotatable bonds is 5. The summed E-state index contributed by atoms with van der Waals surface area (Å²) in [5.74, 6) is -2.74. The van der Waals surface area contributed by atoms with Crippen LogP contribution in [-0.2, 0) is 22.6 Å². The maximum atomic E-state index is 13.2. The Hall–Kier alpha value is -3.72. The number of benzene rings is 2. The third-order valence-corrected chi connectivity index (χ3v) is 5.66. The molecule has 0 saturated heterocycles. The van der Waals surface area contributed by atoms with Gasteiger partial charge in [-0.05, 0) is 18.1 Å². The van der Waals surface area contributed by atoms with Gasteiger partial charge < -0.3 is 14.9 Å². The van der Waals surface area contributed by atoms with Gasteiger partial charge in [0.1, 0.15) is 6.61 Å². The van der Waals surface area contributed by atoms with Gasteiger partial charge in [-0.15, -0.1) is 0 Å². The number of carbonyl (C=O) groups is 1. The molecule has 0 bridgehead atoms. The van der Waals surface area contributed by atoms with Crippen molar-refractivity contribution in [1.82, 2.24) is 10.2 Å². The van der Waals surface area contributed by atoms with Crippen LogP contribution in [0.25, 0.3) is 0 Å². The molecule has 4 rings (SSSR count). The second kappa shape index (κ2) is 7.84. The van der Waals surface area contributed by atoms with Crippen LogP contribution in [0.4, 0.5) is 5.69 Å². The molecule has 2 aromatic carbocycles. The SMILES string of the molecule is C[C@]1(O)Cc2[nH][nH]c(=O)c2[C@H](c2cccc([N+](=O)[O-])c2)[C@@H]1C(=O)OCc1ccccc1. The molecule has 0 aliphatic heterocycles. The van der Waals surface area contributed by atoms with Crippen molar-refractivity contribution in [2.24, 2.45) is 5.92 Å². The monoisotopic (exact) mass is 423 g/mol. The molecule has 3 atom stereocenters. The molecule has 0 radical (unpaired) electrons. The zero-order valence-electron chi connectivity index (χ0n) is 16.7. The first kappa shape index (κ1) is 20.5. The normalized spacial score (nSPS) is 22.5. The van der Waals surface area contributed by atoms with Gasteiger partial charge in [0.2, 0.25) is 0 Å². The molecule has 1 aromatic heterocycles. The van der Waals surface area contributed by atoms with E-state index in [9.17, 15) is 24.8 Å². The molecular weight excluding hydrogens is 402 g/mol. The van der Waals surface area contributed by atoms with Gasteiger partial charge in [0, 0.05) is 35.7 Å². The molecule has 0 spiro atoms. The van der Waals surface area contributed by atoms with E-state index in [0.717, 1.165) is 5.56 Å². The number of hydrogen-bond acceptors (Lipinski definition) is 6. The first-order valence-corrected chi connectivity index (χ1v) is 9.74. The Bertz CT molecular complexity index is 1180. The zero-order chi connectivity index (χ0) is 22.2. The van der Waals surface area contributed by atoms with E-state index in [0.29, 0.717) is 11.3 Å². The standard InChI is InChI=1S/C22H21N3O6/c1-22(28)11-16-18(20(26)24-23-16)17(14-8-5-9-15(10-14)25(29)30)19(22)21(27)31-12-13-6-3-2-4-7-13/h2-10,17,19,28H,11-12H2,1H3,(H2,23,24,26)/t17-,19+,22-/m0/s1. The number of aromatic amines is 2. The number of nitrogens with zero attached hydrogens (tertiary/aromatic N) is 1. The number of nitro groups is 1. The fourth-order valence-electron chi connectivity index (χ4n) is 4.27. The summed E-state index contributed by atoms with van der Waals surface area (Å²) in [7, 11) is 0. The molecule has 0 amide bonds. The quantitative estimate of drug-likeness (QED) is 0.327. The fourth-order valence-corrected chi connectivity index (χ4v) is 4.27. The number of aliphatic hydroxyl groups is 1. The highest BCUT2D eigenvalue weighted by molar-refractivity contribution is 5.77. The summed E-state index contributed by atoms with van der Waals surface area (Å²) in [5.41, 5.74) is -0.287. The van der Waals surface area contributed by atoms with Crippen LogP contribution in [-0.4, -0.2) is 31.8 Å². The van der Waals surface area contributed by atoms with Crippen LogP contribution in [0.15, 0.2) is 59.4 Å². The number of nitro benzene ring substituents is 1. The summed E-state index contributed by atoms with van der Waals surface area (Å²) in [5, 5.41) is 27.7. The van der Waals surface area contributed by atoms with Crippen molar-refractivity contribution >= 4 is 11.7 Å². The Kier molecular flexibility index (Phi) is 5.20. The summed E-state index contributed by atoms with van der Waals surface area (Å²) in [6.45, 7) is 1.50. The van der Waals surface area contributed by atoms with Crippen molar-refractivity contribution < 1.29 is 19.6 Å². The van der Waals surface area contributed by atoms with Crippen molar-refractivity contribution in [1.29, 1.82) is 0 Å². The Morgan fingerprint density at radius 3 is 2.68 bits per heavy atom. The third kappa shape index (κ3) is 3.87. The van der Waals surface area contributed by atoms with Gasteiger partial charge in [0.05, 0.1) is 16.4 Å². The van der Waals surface area contributed by atoms with Crippen LogP contribution in [0.3, 0.4) is 0 Å². The van der Waals surface area contributed by atoms with Gasteiger partial charge >= 0.3 is 5.97 Å². The Balaban J connectivity index is 1.77. The molecule has 1 aliphatic rings. The summed E-state index contributed by atoms with van der Waals surface area (Å²) in [4.78, 5) is 36.5. The lowest BCUT2D eigenvalue weighted by Gasteiger charge is -2.40. The number of ether oxygens (including phenoxy) is 1. The maximum Gasteiger partial charge on any atom is 0.313 e. The molecule has 31 heavy (non-hydrogen) atoms. The first-order valence-electron chi connectivity index (χ1n) is 9.74. The van der Waals surface area contributed by atoms with Gasteiger partial charge in [-0.2, -0.15) is 0 Å². The topological polar surface area (TPSA) is 138 Å². The lowest BCUT2D eigenvalue weighted by Crippen LogP contribution is -2.50. The van der Waals surface area contributed by atoms with Gasteiger partial charge in [-0.25, -0.2) is 0 Å². The van der Waals surface area contributed by atoms with Gasteiger partial charge in [0.25, 0.3) is 11.2 Å². The molecular formula is C22H21N3O6. The lowest BCUT2D eigenvalue weighted by atomic mass is 9.66. The number of fused-ring (bicyclic) bond motifs is 1. The molecule has 3 N–H and O–H groups in total. The molecule has 0 fully saturated rings. The lowest BCUT2D eigenvalue weighted by molar-refractivity contribution is -0.384. The van der Waals surface area contributed by atoms with Crippen molar-refractivity contribution in [3.8, 4) is 0 Å². The van der Waals surface area contributed by atoms with E-state index < -0.39 is 33.9 Å². The maximum absolute atomic E-state index is 13.2. The second-order valence-electron chi connectivity index (χ2n) is 7.91. The van der Waals surface area contributed by atoms with Crippen LogP contribution in [0.5, 0.6) is 0 Å². The van der Waals surface area contributed by atoms with E-state index in [1.165, 1.54) is 25.1 Å². The van der Waals surface area contributed by atoms with E-state index >= 15 is 0 Å². The van der Waals surface area contributed by atoms with Gasteiger partial charge in [-0.3, -0.25) is 24.8 Å². The zero-order valence-corrected chi connectivity index (χ0v) is 16.7. The molecule has 0 unspecified atom stereocenters. The van der Waals surface area contributed by atoms with Crippen LogP contribution in [0.1, 0.15) is 35.2 Å². The van der Waals surface area contributed by atoms with Crippen molar-refractivity contribution in [2.75, 3.05) is 0 Å². The van der Waals surface area contributed by atoms with Crippen molar-refractivity contribution in [3.05, 3.63) is 97.4 Å². The molecule has 1 aliphatic carbocycles. The van der Waals surface area contributed by atoms with E-state index in [4.69, 9.17) is 4.74 Å². The van der Waals surface area contributed by atoms with Crippen LogP contribution >= 0.6 is 0 Å². The summed E-state index contributed by atoms with van der Waals surface area (Å²) >= 11 is 0. The predicted octanol–water partition coefficient (Wildman–Crippen LogP) is 2.41. The van der Waals surface area contributed by atoms with Crippen molar-refractivity contribution in [3.63, 3.8) is 0 Å². The van der Waals surface area contributed by atoms with E-state index in [-0.39, 0.29) is 24.3 Å². The van der Waals surface area contributed by atoms with E-state index in [1.54, 1.807) is 18.2 Å². The summed E-state index contributed by atoms with van der Waals surface area (Å²) < 4.78 is 5.51. The number of esters is 1. The molecule has 9 nitrogen and oxygen atoms in total. The fraction of sp³-hybridized carbons (Fsp3) is 0.273. The highest BCUT2D eigenvalue weighted by Crippen LogP contribution is 2.45. The summed E-state index contributed by atoms with van der Waals surface area (Å²) in [6, 6.07) is 14.8. The largest absolute Gasteiger partial charge is 0.460 e. The number of nitrogens with one attached hydrogen (secondary N) is 2. The highest BCUT2D eigenvalue weighted by Gasteiger charge is 2.51. The average molecular weight is 423 g/mol. The molecule has 0 saturated carbocycles. The summed E-state index contributed by atoms with van der Waals surface area (Å²) in [6.07, 6.45) is 0.0254. The van der Waals surface area contributed by atoms with E-state index in [1.807, 2.05) is 18.2 Å². The van der Waals surface area contributed by atoms with Crippen LogP contribution < -0.4 is 5.56 Å². The molecule has 160 valence electrons. The molecule has 1 heterocycles. The smallest absolute Gasteiger partial charge is 0.313 e. The number of carbonyl (C=O) groups excluding carboxylic acids is 1. The Morgan fingerprint density at radius 1 is 1.23 bits per heavy atom. The highest BCUT2D eigenvalue weighted by atomic mass is 16.6. The number of non-ortho nitro benzene ring substituents is 1. The third-order valence-electron chi connectivity index (χ3n) is 5.66. The number of aromatic nitrogens is 2. The minimum atomic E-state index is -1.55. The van der Waals surface area contributed by atoms with Crippen molar-refractivity contribution in [2.45, 2.75) is 31.5 Å². The number of hydrogen-bond donors (Lipinski definition) is 3. The van der Waals surface area contributed by atoms with Gasteiger partial charge in [0.15, 0.2) is 0 Å². The minimum Gasteiger partial charge on any atom is -0.460 e. The molecule has 3 aromatic rings. The number of H-pyrrole nitrogens is 2. The predicted molar refractivity (Wildman–Crippen MR) is 110 cm³/mol. The van der Waals surface area contributed by atoms with Gasteiger partial charge in [-0.1, -0.05) is 42.5 Å². The first-order chi connectivity index (χ1) is 14.8. The molecule has 9 heteroatoms. The van der Waals surface area contributed by atoms with Crippen LogP contribution in [0, 0.1) is 16.0 Å². The second-order valence-corrected chi connectivity index (χ2v) is 7.91.